The van der Waals surface area contributed by atoms with E-state index in [2.05, 4.69) is 10.7 Å². The molecule has 0 unspecified atom stereocenters. The summed E-state index contributed by atoms with van der Waals surface area (Å²) in [6.07, 6.45) is 0. The molecule has 1 amide bonds. The summed E-state index contributed by atoms with van der Waals surface area (Å²) >= 11 is 0. The maximum absolute atomic E-state index is 12.1. The van der Waals surface area contributed by atoms with Crippen LogP contribution in [-0.4, -0.2) is 5.91 Å². The SMILES string of the molecule is Cc1cc(NN)ccc1C(=O)NCc1ccccc1. The number of hydrogen-bond donors (Lipinski definition) is 3. The van der Waals surface area contributed by atoms with E-state index in [1.165, 1.54) is 0 Å². The first-order chi connectivity index (χ1) is 9.20. The van der Waals surface area contributed by atoms with Crippen LogP contribution in [0.3, 0.4) is 0 Å². The van der Waals surface area contributed by atoms with Gasteiger partial charge in [-0.2, -0.15) is 0 Å². The fraction of sp³-hybridized carbons (Fsp3) is 0.133. The normalized spacial score (nSPS) is 10.0. The maximum Gasteiger partial charge on any atom is 0.251 e. The number of hydrazine groups is 1. The molecule has 0 spiro atoms. The standard InChI is InChI=1S/C15H17N3O/c1-11-9-13(18-16)7-8-14(11)15(19)17-10-12-5-3-2-4-6-12/h2-9,18H,10,16H2,1H3,(H,17,19). The minimum Gasteiger partial charge on any atom is -0.348 e. The second kappa shape index (κ2) is 6.02. The number of benzene rings is 2. The largest absolute Gasteiger partial charge is 0.348 e. The highest BCUT2D eigenvalue weighted by Gasteiger charge is 2.08. The smallest absolute Gasteiger partial charge is 0.251 e. The van der Waals surface area contributed by atoms with Crippen molar-refractivity contribution >= 4 is 11.6 Å². The zero-order valence-electron chi connectivity index (χ0n) is 10.8. The van der Waals surface area contributed by atoms with Crippen molar-refractivity contribution in [2.45, 2.75) is 13.5 Å². The summed E-state index contributed by atoms with van der Waals surface area (Å²) in [5.41, 5.74) is 5.98. The van der Waals surface area contributed by atoms with Gasteiger partial charge in [0.15, 0.2) is 0 Å². The average molecular weight is 255 g/mol. The lowest BCUT2D eigenvalue weighted by atomic mass is 10.1. The fourth-order valence-corrected chi connectivity index (χ4v) is 1.88. The highest BCUT2D eigenvalue weighted by Crippen LogP contribution is 2.14. The zero-order chi connectivity index (χ0) is 13.7. The Bertz CT molecular complexity index is 567. The summed E-state index contributed by atoms with van der Waals surface area (Å²) in [5, 5.41) is 2.90. The number of anilines is 1. The number of hydrogen-bond acceptors (Lipinski definition) is 3. The second-order valence-electron chi connectivity index (χ2n) is 4.34. The third kappa shape index (κ3) is 3.33. The first kappa shape index (κ1) is 13.1. The number of nitrogens with one attached hydrogen (secondary N) is 2. The van der Waals surface area contributed by atoms with E-state index in [-0.39, 0.29) is 5.91 Å². The van der Waals surface area contributed by atoms with Crippen molar-refractivity contribution in [3.8, 4) is 0 Å². The van der Waals surface area contributed by atoms with Crippen molar-refractivity contribution in [3.05, 3.63) is 65.2 Å². The molecule has 0 saturated carbocycles. The molecule has 98 valence electrons. The molecule has 4 heteroatoms. The van der Waals surface area contributed by atoms with Crippen LogP contribution >= 0.6 is 0 Å². The van der Waals surface area contributed by atoms with Gasteiger partial charge in [0.05, 0.1) is 0 Å². The van der Waals surface area contributed by atoms with Crippen LogP contribution < -0.4 is 16.6 Å². The molecule has 2 aromatic rings. The number of rotatable bonds is 4. The Balaban J connectivity index is 2.04. The first-order valence-corrected chi connectivity index (χ1v) is 6.10. The Labute approximate surface area is 112 Å². The maximum atomic E-state index is 12.1. The van der Waals surface area contributed by atoms with Gasteiger partial charge in [-0.15, -0.1) is 0 Å². The Morgan fingerprint density at radius 3 is 2.53 bits per heavy atom. The predicted octanol–water partition coefficient (Wildman–Crippen LogP) is 2.21. The van der Waals surface area contributed by atoms with Crippen LogP contribution in [0.4, 0.5) is 5.69 Å². The van der Waals surface area contributed by atoms with Crippen molar-refractivity contribution in [2.24, 2.45) is 5.84 Å². The Morgan fingerprint density at radius 1 is 1.16 bits per heavy atom. The quantitative estimate of drug-likeness (QED) is 0.579. The lowest BCUT2D eigenvalue weighted by Crippen LogP contribution is -2.23. The van der Waals surface area contributed by atoms with E-state index in [9.17, 15) is 4.79 Å². The molecule has 0 atom stereocenters. The number of nitrogen functional groups attached to an aromatic ring is 1. The van der Waals surface area contributed by atoms with Gasteiger partial charge in [-0.25, -0.2) is 0 Å². The van der Waals surface area contributed by atoms with E-state index in [1.54, 1.807) is 12.1 Å². The van der Waals surface area contributed by atoms with E-state index < -0.39 is 0 Å². The van der Waals surface area contributed by atoms with Crippen molar-refractivity contribution in [1.82, 2.24) is 5.32 Å². The summed E-state index contributed by atoms with van der Waals surface area (Å²) in [7, 11) is 0. The van der Waals surface area contributed by atoms with E-state index in [0.29, 0.717) is 12.1 Å². The zero-order valence-corrected chi connectivity index (χ0v) is 10.8. The van der Waals surface area contributed by atoms with Crippen LogP contribution in [0.2, 0.25) is 0 Å². The van der Waals surface area contributed by atoms with Crippen LogP contribution in [0.25, 0.3) is 0 Å². The number of carbonyl (C=O) groups excluding carboxylic acids is 1. The van der Waals surface area contributed by atoms with Crippen LogP contribution in [-0.2, 0) is 6.54 Å². The number of amides is 1. The Kier molecular flexibility index (Phi) is 4.15. The van der Waals surface area contributed by atoms with Crippen LogP contribution in [0, 0.1) is 6.92 Å². The van der Waals surface area contributed by atoms with E-state index in [1.807, 2.05) is 43.3 Å². The first-order valence-electron chi connectivity index (χ1n) is 6.10. The molecule has 0 fully saturated rings. The number of carbonyl (C=O) groups is 1. The lowest BCUT2D eigenvalue weighted by molar-refractivity contribution is 0.0950. The molecule has 0 aromatic heterocycles. The molecule has 0 aliphatic heterocycles. The predicted molar refractivity (Wildman–Crippen MR) is 76.6 cm³/mol. The molecule has 0 bridgehead atoms. The van der Waals surface area contributed by atoms with Crippen LogP contribution in [0.1, 0.15) is 21.5 Å². The molecular weight excluding hydrogens is 238 g/mol. The van der Waals surface area contributed by atoms with Gasteiger partial charge in [-0.1, -0.05) is 30.3 Å². The molecule has 4 N–H and O–H groups in total. The van der Waals surface area contributed by atoms with Gasteiger partial charge >= 0.3 is 0 Å². The summed E-state index contributed by atoms with van der Waals surface area (Å²) < 4.78 is 0. The molecule has 0 radical (unpaired) electrons. The van der Waals surface area contributed by atoms with Gasteiger partial charge in [0.1, 0.15) is 0 Å². The molecule has 0 saturated heterocycles. The van der Waals surface area contributed by atoms with Crippen LogP contribution in [0.15, 0.2) is 48.5 Å². The minimum atomic E-state index is -0.0788. The summed E-state index contributed by atoms with van der Waals surface area (Å²) in [6, 6.07) is 15.2. The molecule has 0 heterocycles. The number of aryl methyl sites for hydroxylation is 1. The van der Waals surface area contributed by atoms with E-state index in [4.69, 9.17) is 5.84 Å². The average Bonchev–Trinajstić information content (AvgIpc) is 2.45. The summed E-state index contributed by atoms with van der Waals surface area (Å²) in [5.74, 6) is 5.25. The lowest BCUT2D eigenvalue weighted by Gasteiger charge is -2.09. The molecule has 0 aliphatic carbocycles. The van der Waals surface area contributed by atoms with Gasteiger partial charge < -0.3 is 10.7 Å². The minimum absolute atomic E-state index is 0.0788. The van der Waals surface area contributed by atoms with Gasteiger partial charge in [-0.3, -0.25) is 10.6 Å². The van der Waals surface area contributed by atoms with E-state index >= 15 is 0 Å². The van der Waals surface area contributed by atoms with Gasteiger partial charge in [0.25, 0.3) is 5.91 Å². The monoisotopic (exact) mass is 255 g/mol. The third-order valence-electron chi connectivity index (χ3n) is 2.93. The highest BCUT2D eigenvalue weighted by atomic mass is 16.1. The van der Waals surface area contributed by atoms with E-state index in [0.717, 1.165) is 16.8 Å². The molecule has 2 rings (SSSR count). The van der Waals surface area contributed by atoms with Gasteiger partial charge in [-0.05, 0) is 36.2 Å². The van der Waals surface area contributed by atoms with Gasteiger partial charge in [0.2, 0.25) is 0 Å². The van der Waals surface area contributed by atoms with Crippen molar-refractivity contribution < 1.29 is 4.79 Å². The van der Waals surface area contributed by atoms with Crippen molar-refractivity contribution in [3.63, 3.8) is 0 Å². The third-order valence-corrected chi connectivity index (χ3v) is 2.93. The molecule has 2 aromatic carbocycles. The second-order valence-corrected chi connectivity index (χ2v) is 4.34. The topological polar surface area (TPSA) is 67.1 Å². The van der Waals surface area contributed by atoms with Crippen molar-refractivity contribution in [1.29, 1.82) is 0 Å². The molecule has 4 nitrogen and oxygen atoms in total. The molecule has 0 aliphatic rings. The highest BCUT2D eigenvalue weighted by molar-refractivity contribution is 5.96. The van der Waals surface area contributed by atoms with Crippen LogP contribution in [0.5, 0.6) is 0 Å². The van der Waals surface area contributed by atoms with Crippen molar-refractivity contribution in [2.75, 3.05) is 5.43 Å². The Morgan fingerprint density at radius 2 is 1.89 bits per heavy atom. The summed E-state index contributed by atoms with van der Waals surface area (Å²) in [6.45, 7) is 2.41. The number of nitrogens with two attached hydrogens (primary N) is 1. The molecule has 19 heavy (non-hydrogen) atoms. The fourth-order valence-electron chi connectivity index (χ4n) is 1.88. The van der Waals surface area contributed by atoms with Gasteiger partial charge in [0, 0.05) is 17.8 Å². The Hall–Kier alpha value is -2.33. The summed E-state index contributed by atoms with van der Waals surface area (Å²) in [4.78, 5) is 12.1. The molecular formula is C15H17N3O.